The Balaban J connectivity index is 2.54. The summed E-state index contributed by atoms with van der Waals surface area (Å²) >= 11 is 0. The molecule has 1 aromatic rings. The zero-order valence-electron chi connectivity index (χ0n) is 11.1. The van der Waals surface area contributed by atoms with E-state index in [0.717, 1.165) is 6.07 Å². The molecule has 1 aliphatic heterocycles. The Morgan fingerprint density at radius 1 is 1.32 bits per heavy atom. The van der Waals surface area contributed by atoms with Gasteiger partial charge in [-0.25, -0.2) is 13.2 Å². The molecule has 0 aliphatic carbocycles. The molecule has 5 nitrogen and oxygen atoms in total. The minimum Gasteiger partial charge on any atom is -0.447 e. The number of nitrogens with zero attached hydrogens (tertiary/aromatic N) is 1. The summed E-state index contributed by atoms with van der Waals surface area (Å²) in [4.78, 5) is 9.95. The lowest BCUT2D eigenvalue weighted by atomic mass is 9.99. The first kappa shape index (κ1) is 16.2. The average molecular weight is 321 g/mol. The zero-order chi connectivity index (χ0) is 16.3. The molecule has 1 unspecified atom stereocenters. The van der Waals surface area contributed by atoms with Crippen LogP contribution in [0.25, 0.3) is 5.57 Å². The van der Waals surface area contributed by atoms with Crippen molar-refractivity contribution in [3.63, 3.8) is 0 Å². The number of nitro benzene ring substituents is 1. The highest BCUT2D eigenvalue weighted by Crippen LogP contribution is 2.39. The Bertz CT molecular complexity index is 606. The van der Waals surface area contributed by atoms with E-state index in [0.29, 0.717) is 11.6 Å². The van der Waals surface area contributed by atoms with Crippen LogP contribution in [-0.4, -0.2) is 30.9 Å². The van der Waals surface area contributed by atoms with Crippen molar-refractivity contribution >= 4 is 11.3 Å². The van der Waals surface area contributed by atoms with Crippen LogP contribution >= 0.6 is 0 Å². The predicted molar refractivity (Wildman–Crippen MR) is 68.0 cm³/mol. The Morgan fingerprint density at radius 2 is 2.05 bits per heavy atom. The summed E-state index contributed by atoms with van der Waals surface area (Å²) in [7, 11) is 0. The molecule has 0 radical (unpaired) electrons. The molecule has 1 atom stereocenters. The Kier molecular flexibility index (Phi) is 4.96. The van der Waals surface area contributed by atoms with Crippen molar-refractivity contribution in [1.82, 2.24) is 0 Å². The van der Waals surface area contributed by atoms with Gasteiger partial charge in [-0.2, -0.15) is 4.39 Å². The third kappa shape index (κ3) is 3.53. The molecule has 0 saturated carbocycles. The molecule has 0 saturated heterocycles. The molecule has 120 valence electrons. The van der Waals surface area contributed by atoms with Crippen molar-refractivity contribution in [3.05, 3.63) is 39.7 Å². The van der Waals surface area contributed by atoms with E-state index in [1.807, 2.05) is 0 Å². The lowest BCUT2D eigenvalue weighted by Gasteiger charge is -2.18. The molecule has 1 heterocycles. The normalized spacial score (nSPS) is 16.3. The number of hydrogen-bond acceptors (Lipinski definition) is 4. The Morgan fingerprint density at radius 3 is 2.59 bits per heavy atom. The van der Waals surface area contributed by atoms with Crippen molar-refractivity contribution < 1.29 is 32.0 Å². The third-order valence-corrected chi connectivity index (χ3v) is 2.97. The molecule has 0 bridgehead atoms. The highest BCUT2D eigenvalue weighted by Gasteiger charge is 2.30. The topological polar surface area (TPSA) is 61.6 Å². The van der Waals surface area contributed by atoms with E-state index < -0.39 is 35.0 Å². The van der Waals surface area contributed by atoms with E-state index in [1.165, 1.54) is 6.08 Å². The van der Waals surface area contributed by atoms with E-state index in [4.69, 9.17) is 4.74 Å². The van der Waals surface area contributed by atoms with Gasteiger partial charge in [-0.1, -0.05) is 6.08 Å². The second kappa shape index (κ2) is 6.73. The summed E-state index contributed by atoms with van der Waals surface area (Å²) in [6, 6.07) is 1.38. The lowest BCUT2D eigenvalue weighted by Crippen LogP contribution is -2.21. The first-order valence-electron chi connectivity index (χ1n) is 6.24. The van der Waals surface area contributed by atoms with Crippen molar-refractivity contribution in [1.29, 1.82) is 0 Å². The zero-order valence-corrected chi connectivity index (χ0v) is 11.1. The Labute approximate surface area is 122 Å². The standard InChI is InChI=1S/C13H11F4NO4/c14-8-5-9(7-1-3-21-4-2-7)11(10(6-8)18(19)20)22-13(17)12(15)16/h1,5-6,12-13H,2-4H2. The van der Waals surface area contributed by atoms with Crippen LogP contribution in [0.4, 0.5) is 23.2 Å². The summed E-state index contributed by atoms with van der Waals surface area (Å²) in [5.74, 6) is -1.67. The predicted octanol–water partition coefficient (Wildman–Crippen LogP) is 3.48. The van der Waals surface area contributed by atoms with Crippen LogP contribution in [0.15, 0.2) is 18.2 Å². The number of benzene rings is 1. The first-order chi connectivity index (χ1) is 10.4. The summed E-state index contributed by atoms with van der Waals surface area (Å²) in [6.07, 6.45) is -4.77. The van der Waals surface area contributed by atoms with E-state index in [1.54, 1.807) is 0 Å². The quantitative estimate of drug-likeness (QED) is 0.473. The van der Waals surface area contributed by atoms with Crippen LogP contribution in [0.5, 0.6) is 5.75 Å². The molecule has 0 fully saturated rings. The molecule has 1 aromatic carbocycles. The lowest BCUT2D eigenvalue weighted by molar-refractivity contribution is -0.386. The molecule has 1 aliphatic rings. The van der Waals surface area contributed by atoms with Gasteiger partial charge in [0, 0.05) is 5.56 Å². The van der Waals surface area contributed by atoms with Gasteiger partial charge in [0.1, 0.15) is 5.82 Å². The molecule has 22 heavy (non-hydrogen) atoms. The van der Waals surface area contributed by atoms with E-state index >= 15 is 0 Å². The van der Waals surface area contributed by atoms with Crippen molar-refractivity contribution in [2.45, 2.75) is 19.2 Å². The van der Waals surface area contributed by atoms with Crippen LogP contribution in [-0.2, 0) is 4.74 Å². The molecule has 0 N–H and O–H groups in total. The second-order valence-corrected chi connectivity index (χ2v) is 4.42. The van der Waals surface area contributed by atoms with Gasteiger partial charge in [-0.3, -0.25) is 10.1 Å². The summed E-state index contributed by atoms with van der Waals surface area (Å²) in [6.45, 7) is 0.441. The van der Waals surface area contributed by atoms with Crippen LogP contribution in [0, 0.1) is 15.9 Å². The van der Waals surface area contributed by atoms with Crippen LogP contribution in [0.2, 0.25) is 0 Å². The number of ether oxygens (including phenoxy) is 2. The first-order valence-corrected chi connectivity index (χ1v) is 6.24. The monoisotopic (exact) mass is 321 g/mol. The smallest absolute Gasteiger partial charge is 0.314 e. The highest BCUT2D eigenvalue weighted by atomic mass is 19.3. The molecular weight excluding hydrogens is 310 g/mol. The van der Waals surface area contributed by atoms with Crippen molar-refractivity contribution in [2.24, 2.45) is 0 Å². The van der Waals surface area contributed by atoms with E-state index in [2.05, 4.69) is 4.74 Å². The van der Waals surface area contributed by atoms with Crippen molar-refractivity contribution in [3.8, 4) is 5.75 Å². The largest absolute Gasteiger partial charge is 0.447 e. The maximum absolute atomic E-state index is 13.6. The maximum atomic E-state index is 13.6. The minimum absolute atomic E-state index is 0.127. The molecule has 0 aromatic heterocycles. The van der Waals surface area contributed by atoms with E-state index in [-0.39, 0.29) is 25.2 Å². The summed E-state index contributed by atoms with van der Waals surface area (Å²) in [5.41, 5.74) is -0.630. The fourth-order valence-corrected chi connectivity index (χ4v) is 2.01. The summed E-state index contributed by atoms with van der Waals surface area (Å²) < 4.78 is 60.8. The van der Waals surface area contributed by atoms with Gasteiger partial charge in [-0.05, 0) is 18.1 Å². The van der Waals surface area contributed by atoms with Gasteiger partial charge in [-0.15, -0.1) is 0 Å². The van der Waals surface area contributed by atoms with Gasteiger partial charge >= 0.3 is 12.1 Å². The fraction of sp³-hybridized carbons (Fsp3) is 0.385. The number of nitro groups is 1. The van der Waals surface area contributed by atoms with E-state index in [9.17, 15) is 27.7 Å². The molecule has 2 rings (SSSR count). The number of halogens is 4. The van der Waals surface area contributed by atoms with Gasteiger partial charge in [0.05, 0.1) is 24.2 Å². The highest BCUT2D eigenvalue weighted by molar-refractivity contribution is 5.75. The third-order valence-electron chi connectivity index (χ3n) is 2.97. The maximum Gasteiger partial charge on any atom is 0.314 e. The minimum atomic E-state index is -3.49. The molecule has 9 heteroatoms. The Hall–Kier alpha value is -2.16. The number of rotatable bonds is 5. The molecule has 0 spiro atoms. The number of hydrogen-bond donors (Lipinski definition) is 0. The van der Waals surface area contributed by atoms with Gasteiger partial charge < -0.3 is 9.47 Å². The van der Waals surface area contributed by atoms with Crippen molar-refractivity contribution in [2.75, 3.05) is 13.2 Å². The number of alkyl halides is 3. The SMILES string of the molecule is O=[N+]([O-])c1cc(F)cc(C2=CCOCC2)c1OC(F)C(F)F. The second-order valence-electron chi connectivity index (χ2n) is 4.42. The summed E-state index contributed by atoms with van der Waals surface area (Å²) in [5, 5.41) is 11.0. The average Bonchev–Trinajstić information content (AvgIpc) is 2.49. The van der Waals surface area contributed by atoms with Gasteiger partial charge in [0.15, 0.2) is 0 Å². The van der Waals surface area contributed by atoms with Crippen LogP contribution in [0.3, 0.4) is 0 Å². The fourth-order valence-electron chi connectivity index (χ4n) is 2.01. The van der Waals surface area contributed by atoms with Gasteiger partial charge in [0.25, 0.3) is 6.36 Å². The molecular formula is C13H11F4NO4. The van der Waals surface area contributed by atoms with Crippen LogP contribution in [0.1, 0.15) is 12.0 Å². The molecule has 0 amide bonds. The van der Waals surface area contributed by atoms with Gasteiger partial charge in [0.2, 0.25) is 5.75 Å². The van der Waals surface area contributed by atoms with Crippen LogP contribution < -0.4 is 4.74 Å².